The van der Waals surface area contributed by atoms with Gasteiger partial charge >= 0.3 is 6.09 Å². The van der Waals surface area contributed by atoms with Crippen molar-refractivity contribution in [1.29, 1.82) is 0 Å². The van der Waals surface area contributed by atoms with Gasteiger partial charge in [-0.15, -0.1) is 10.2 Å². The summed E-state index contributed by atoms with van der Waals surface area (Å²) in [5.74, 6) is 0.819. The maximum atomic E-state index is 13.3. The minimum atomic E-state index is -2.64. The number of methoxy groups -OCH3 is 1. The molecule has 198 valence electrons. The molecule has 1 N–H and O–H groups in total. The summed E-state index contributed by atoms with van der Waals surface area (Å²) >= 11 is 0. The van der Waals surface area contributed by atoms with Gasteiger partial charge in [0.25, 0.3) is 6.43 Å². The van der Waals surface area contributed by atoms with Gasteiger partial charge in [0.1, 0.15) is 17.0 Å². The summed E-state index contributed by atoms with van der Waals surface area (Å²) in [6.45, 7) is 6.57. The fourth-order valence-corrected chi connectivity index (χ4v) is 4.30. The molecule has 0 spiro atoms. The van der Waals surface area contributed by atoms with Crippen LogP contribution in [0.3, 0.4) is 0 Å². The molecule has 1 aliphatic rings. The summed E-state index contributed by atoms with van der Waals surface area (Å²) in [7, 11) is 1.46. The topological polar surface area (TPSA) is 85.8 Å². The maximum absolute atomic E-state index is 13.3. The minimum Gasteiger partial charge on any atom is -0.467 e. The van der Waals surface area contributed by atoms with Crippen LogP contribution in [-0.4, -0.2) is 59.8 Å². The molecule has 0 saturated carbocycles. The zero-order chi connectivity index (χ0) is 26.6. The molecule has 1 aliphatic heterocycles. The Morgan fingerprint density at radius 3 is 2.62 bits per heavy atom. The van der Waals surface area contributed by atoms with Gasteiger partial charge in [-0.3, -0.25) is 0 Å². The number of nitrogens with zero attached hydrogens (tertiary/aromatic N) is 3. The van der Waals surface area contributed by atoms with Gasteiger partial charge in [-0.05, 0) is 45.7 Å². The summed E-state index contributed by atoms with van der Waals surface area (Å²) in [6.07, 6.45) is -1.27. The summed E-state index contributed by atoms with van der Waals surface area (Å²) in [4.78, 5) is 14.3. The molecule has 0 aliphatic carbocycles. The van der Waals surface area contributed by atoms with Gasteiger partial charge in [0.15, 0.2) is 12.6 Å². The number of ether oxygens (including phenoxy) is 3. The number of likely N-dealkylation sites (tertiary alicyclic amines) is 1. The van der Waals surface area contributed by atoms with Gasteiger partial charge in [0.2, 0.25) is 0 Å². The van der Waals surface area contributed by atoms with Crippen molar-refractivity contribution in [2.75, 3.05) is 32.3 Å². The third-order valence-electron chi connectivity index (χ3n) is 5.95. The van der Waals surface area contributed by atoms with E-state index in [0.29, 0.717) is 30.2 Å². The molecule has 1 amide bonds. The molecule has 0 bridgehead atoms. The van der Waals surface area contributed by atoms with Crippen molar-refractivity contribution in [2.24, 2.45) is 0 Å². The average Bonchev–Trinajstić information content (AvgIpc) is 2.87. The Morgan fingerprint density at radius 2 is 1.92 bits per heavy atom. The Hall–Kier alpha value is -3.53. The number of benzene rings is 2. The highest BCUT2D eigenvalue weighted by atomic mass is 19.3. The van der Waals surface area contributed by atoms with E-state index in [0.717, 1.165) is 23.6 Å². The second kappa shape index (κ2) is 11.2. The number of hydrogen-bond acceptors (Lipinski definition) is 7. The molecule has 0 radical (unpaired) electrons. The van der Waals surface area contributed by atoms with Gasteiger partial charge in [-0.1, -0.05) is 30.3 Å². The predicted molar refractivity (Wildman–Crippen MR) is 137 cm³/mol. The highest BCUT2D eigenvalue weighted by Gasteiger charge is 2.28. The first kappa shape index (κ1) is 26.5. The smallest absolute Gasteiger partial charge is 0.410 e. The van der Waals surface area contributed by atoms with Crippen LogP contribution in [0.5, 0.6) is 5.75 Å². The van der Waals surface area contributed by atoms with Crippen LogP contribution >= 0.6 is 0 Å². The van der Waals surface area contributed by atoms with Gasteiger partial charge in [0.05, 0.1) is 0 Å². The molecular formula is C27H32F2N4O4. The fraction of sp³-hybridized carbons (Fsp3) is 0.444. The zero-order valence-electron chi connectivity index (χ0n) is 21.5. The standard InChI is InChI=1S/C27H32F2N4O4/c1-27(2,3)37-26(34)33-13-7-8-18(15-33)30-25-20-10-6-5-9-19(20)23(31-32-25)21-12-11-17(24(28)29)14-22(21)36-16-35-4/h5-6,9-12,14,18,24H,7-8,13,15-16H2,1-4H3,(H,30,32). The van der Waals surface area contributed by atoms with E-state index in [9.17, 15) is 13.6 Å². The molecule has 2 aromatic carbocycles. The molecular weight excluding hydrogens is 482 g/mol. The van der Waals surface area contributed by atoms with E-state index < -0.39 is 12.0 Å². The van der Waals surface area contributed by atoms with E-state index in [1.807, 2.05) is 45.0 Å². The van der Waals surface area contributed by atoms with Crippen LogP contribution in [0.15, 0.2) is 42.5 Å². The number of piperidine rings is 1. The number of anilines is 1. The molecule has 1 fully saturated rings. The predicted octanol–water partition coefficient (Wildman–Crippen LogP) is 6.03. The normalized spacial score (nSPS) is 16.2. The molecule has 8 nitrogen and oxygen atoms in total. The number of alkyl halides is 2. The molecule has 1 saturated heterocycles. The second-order valence-corrected chi connectivity index (χ2v) is 9.96. The number of carbonyl (C=O) groups is 1. The van der Waals surface area contributed by atoms with Crippen molar-refractivity contribution >= 4 is 22.7 Å². The van der Waals surface area contributed by atoms with Crippen molar-refractivity contribution in [3.63, 3.8) is 0 Å². The van der Waals surface area contributed by atoms with E-state index in [2.05, 4.69) is 15.5 Å². The Balaban J connectivity index is 1.63. The summed E-state index contributed by atoms with van der Waals surface area (Å²) in [5, 5.41) is 14.0. The molecule has 10 heteroatoms. The van der Waals surface area contributed by atoms with E-state index in [4.69, 9.17) is 14.2 Å². The van der Waals surface area contributed by atoms with Crippen molar-refractivity contribution in [1.82, 2.24) is 15.1 Å². The summed E-state index contributed by atoms with van der Waals surface area (Å²) < 4.78 is 42.8. The fourth-order valence-electron chi connectivity index (χ4n) is 4.30. The lowest BCUT2D eigenvalue weighted by molar-refractivity contribution is 0.0206. The molecule has 1 unspecified atom stereocenters. The summed E-state index contributed by atoms with van der Waals surface area (Å²) in [5.41, 5.74) is 0.323. The largest absolute Gasteiger partial charge is 0.467 e. The number of aromatic nitrogens is 2. The van der Waals surface area contributed by atoms with E-state index in [1.165, 1.54) is 19.2 Å². The third kappa shape index (κ3) is 6.43. The van der Waals surface area contributed by atoms with Crippen LogP contribution in [0.25, 0.3) is 22.0 Å². The number of carbonyl (C=O) groups excluding carboxylic acids is 1. The second-order valence-electron chi connectivity index (χ2n) is 9.96. The van der Waals surface area contributed by atoms with E-state index in [1.54, 1.807) is 11.0 Å². The summed E-state index contributed by atoms with van der Waals surface area (Å²) in [6, 6.07) is 11.8. The van der Waals surface area contributed by atoms with Crippen LogP contribution in [0.2, 0.25) is 0 Å². The van der Waals surface area contributed by atoms with Gasteiger partial charge in [-0.2, -0.15) is 0 Å². The Morgan fingerprint density at radius 1 is 1.16 bits per heavy atom. The minimum absolute atomic E-state index is 0.0317. The maximum Gasteiger partial charge on any atom is 0.410 e. The third-order valence-corrected chi connectivity index (χ3v) is 5.95. The SMILES string of the molecule is COCOc1cc(C(F)F)ccc1-c1nnc(NC2CCCN(C(=O)OC(C)(C)C)C2)c2ccccc12. The van der Waals surface area contributed by atoms with Crippen LogP contribution in [0.4, 0.5) is 19.4 Å². The Kier molecular flexibility index (Phi) is 8.06. The number of rotatable bonds is 7. The molecule has 37 heavy (non-hydrogen) atoms. The van der Waals surface area contributed by atoms with Gasteiger partial charge < -0.3 is 24.4 Å². The highest BCUT2D eigenvalue weighted by molar-refractivity contribution is 6.01. The van der Waals surface area contributed by atoms with Crippen molar-refractivity contribution in [3.8, 4) is 17.0 Å². The monoisotopic (exact) mass is 514 g/mol. The number of amides is 1. The number of halogens is 2. The van der Waals surface area contributed by atoms with Crippen LogP contribution in [0, 0.1) is 0 Å². The first-order valence-electron chi connectivity index (χ1n) is 12.2. The van der Waals surface area contributed by atoms with Crippen molar-refractivity contribution in [3.05, 3.63) is 48.0 Å². The van der Waals surface area contributed by atoms with Crippen molar-refractivity contribution in [2.45, 2.75) is 51.7 Å². The van der Waals surface area contributed by atoms with Crippen LogP contribution in [-0.2, 0) is 9.47 Å². The lowest BCUT2D eigenvalue weighted by Crippen LogP contribution is -2.47. The molecule has 3 aromatic rings. The lowest BCUT2D eigenvalue weighted by atomic mass is 10.0. The zero-order valence-corrected chi connectivity index (χ0v) is 21.5. The number of fused-ring (bicyclic) bond motifs is 1. The lowest BCUT2D eigenvalue weighted by Gasteiger charge is -2.34. The molecule has 2 heterocycles. The number of hydrogen-bond donors (Lipinski definition) is 1. The first-order chi connectivity index (χ1) is 17.7. The van der Waals surface area contributed by atoms with Crippen LogP contribution in [0.1, 0.15) is 45.6 Å². The van der Waals surface area contributed by atoms with Gasteiger partial charge in [0, 0.05) is 48.1 Å². The average molecular weight is 515 g/mol. The van der Waals surface area contributed by atoms with Crippen molar-refractivity contribution < 1.29 is 27.8 Å². The molecule has 1 atom stereocenters. The highest BCUT2D eigenvalue weighted by Crippen LogP contribution is 2.37. The van der Waals surface area contributed by atoms with Gasteiger partial charge in [-0.25, -0.2) is 13.6 Å². The first-order valence-corrected chi connectivity index (χ1v) is 12.2. The quantitative estimate of drug-likeness (QED) is 0.386. The van der Waals surface area contributed by atoms with E-state index in [-0.39, 0.29) is 30.2 Å². The molecule has 1 aromatic heterocycles. The Labute approximate surface area is 214 Å². The van der Waals surface area contributed by atoms with Crippen LogP contribution < -0.4 is 10.1 Å². The molecule has 4 rings (SSSR count). The Bertz CT molecular complexity index is 1250. The van der Waals surface area contributed by atoms with E-state index >= 15 is 0 Å². The number of nitrogens with one attached hydrogen (secondary N) is 1.